The summed E-state index contributed by atoms with van der Waals surface area (Å²) in [6, 6.07) is 31.1. The van der Waals surface area contributed by atoms with Gasteiger partial charge in [0.2, 0.25) is 11.1 Å². The quantitative estimate of drug-likeness (QED) is 0.0572. The number of anilines is 2. The van der Waals surface area contributed by atoms with Crippen molar-refractivity contribution in [3.05, 3.63) is 138 Å². The van der Waals surface area contributed by atoms with Crippen molar-refractivity contribution in [2.24, 2.45) is 11.8 Å². The zero-order valence-corrected chi connectivity index (χ0v) is 47.0. The van der Waals surface area contributed by atoms with Crippen molar-refractivity contribution >= 4 is 114 Å². The number of amides is 1. The molecule has 0 saturated carbocycles. The molecular formula is C54H61Cl5N4O6S2. The molecule has 4 aromatic carbocycles. The maximum atomic E-state index is 13.4. The SMILES string of the molecule is CC(C)(C)OC(=O)CC(=O)Cl.CC(C)Cc1sc(N(Cc2ccccc2)C(=O)CC(=O)OC(C)(C)C)nc1-c1ccc(Cl)c(Cl)c1.CC(C)Cc1sc(NCc2ccccc2)nc1-c1ccc(Cl)c(Cl)c1. The first-order chi connectivity index (χ1) is 33.3. The molecule has 0 aliphatic heterocycles. The van der Waals surface area contributed by atoms with Gasteiger partial charge in [-0.2, -0.15) is 0 Å². The van der Waals surface area contributed by atoms with E-state index >= 15 is 0 Å². The predicted molar refractivity (Wildman–Crippen MR) is 295 cm³/mol. The molecule has 0 fully saturated rings. The average Bonchev–Trinajstić information content (AvgIpc) is 3.86. The van der Waals surface area contributed by atoms with E-state index in [0.29, 0.717) is 37.1 Å². The highest BCUT2D eigenvalue weighted by atomic mass is 35.5. The van der Waals surface area contributed by atoms with E-state index in [1.807, 2.05) is 72.8 Å². The summed E-state index contributed by atoms with van der Waals surface area (Å²) in [7, 11) is 0. The lowest BCUT2D eigenvalue weighted by Gasteiger charge is -2.22. The Morgan fingerprint density at radius 3 is 1.51 bits per heavy atom. The third-order valence-corrected chi connectivity index (χ3v) is 13.1. The standard InChI is InChI=1S/C27H30Cl2N2O3S.C20H20Cl2N2S.C7H11ClO3/c1-17(2)13-22-25(19-11-12-20(28)21(29)14-19)30-26(35-22)31(16-18-9-7-6-8-10-18)23(32)15-24(33)34-27(3,4)5;1-13(2)10-18-19(15-8-9-16(21)17(22)11-15)24-20(25-18)23-12-14-6-4-3-5-7-14;1-7(2,3)11-6(10)4-5(8)9/h6-12,14,17H,13,15-16H2,1-5H3;3-9,11,13H,10,12H2,1-2H3,(H,23,24);4H2,1-3H3. The Morgan fingerprint density at radius 2 is 1.06 bits per heavy atom. The molecule has 0 atom stereocenters. The Hall–Kier alpha value is -4.53. The van der Waals surface area contributed by atoms with Crippen molar-refractivity contribution in [3.63, 3.8) is 0 Å². The second kappa shape index (κ2) is 27.5. The summed E-state index contributed by atoms with van der Waals surface area (Å²) in [5, 5.41) is 6.23. The number of benzene rings is 4. The number of rotatable bonds is 16. The summed E-state index contributed by atoms with van der Waals surface area (Å²) in [6.07, 6.45) is 1.04. The van der Waals surface area contributed by atoms with Gasteiger partial charge in [-0.3, -0.25) is 24.1 Å². The largest absolute Gasteiger partial charge is 0.460 e. The minimum Gasteiger partial charge on any atom is -0.460 e. The highest BCUT2D eigenvalue weighted by Crippen LogP contribution is 2.39. The fraction of sp³-hybridized carbons (Fsp3) is 0.370. The van der Waals surface area contributed by atoms with E-state index in [2.05, 4.69) is 45.1 Å². The zero-order chi connectivity index (χ0) is 52.6. The van der Waals surface area contributed by atoms with Crippen LogP contribution in [-0.4, -0.2) is 44.3 Å². The number of hydrogen-bond donors (Lipinski definition) is 1. The summed E-state index contributed by atoms with van der Waals surface area (Å²) >= 11 is 32.8. The number of ether oxygens (including phenoxy) is 2. The van der Waals surface area contributed by atoms with Gasteiger partial charge in [-0.1, -0.05) is 147 Å². The number of carbonyl (C=O) groups excluding carboxylic acids is 4. The lowest BCUT2D eigenvalue weighted by Crippen LogP contribution is -2.34. The molecule has 6 aromatic rings. The fourth-order valence-electron chi connectivity index (χ4n) is 6.53. The van der Waals surface area contributed by atoms with Crippen molar-refractivity contribution < 1.29 is 28.7 Å². The first kappa shape index (κ1) is 59.0. The number of aromatic nitrogens is 2. The smallest absolute Gasteiger partial charge is 0.315 e. The van der Waals surface area contributed by atoms with Crippen molar-refractivity contribution in [2.45, 2.75) is 119 Å². The van der Waals surface area contributed by atoms with Crippen LogP contribution in [0.25, 0.3) is 22.5 Å². The van der Waals surface area contributed by atoms with Gasteiger partial charge in [0.1, 0.15) is 24.0 Å². The van der Waals surface area contributed by atoms with Gasteiger partial charge in [0.05, 0.1) is 38.0 Å². The molecular weight excluding hydrogens is 1040 g/mol. The van der Waals surface area contributed by atoms with Crippen LogP contribution in [0.1, 0.15) is 103 Å². The van der Waals surface area contributed by atoms with Gasteiger partial charge in [-0.25, -0.2) is 9.97 Å². The molecule has 0 radical (unpaired) electrons. The first-order valence-corrected chi connectivity index (χ1v) is 26.4. The average molecular weight is 1100 g/mol. The number of esters is 2. The van der Waals surface area contributed by atoms with Crippen molar-refractivity contribution in [3.8, 4) is 22.5 Å². The topological polar surface area (TPSA) is 128 Å². The van der Waals surface area contributed by atoms with Crippen LogP contribution < -0.4 is 10.2 Å². The maximum Gasteiger partial charge on any atom is 0.315 e. The van der Waals surface area contributed by atoms with Gasteiger partial charge < -0.3 is 14.8 Å². The Kier molecular flexibility index (Phi) is 22.9. The molecule has 0 aliphatic carbocycles. The molecule has 2 aromatic heterocycles. The molecule has 0 aliphatic rings. The van der Waals surface area contributed by atoms with Crippen LogP contribution in [0.5, 0.6) is 0 Å². The summed E-state index contributed by atoms with van der Waals surface area (Å²) in [6.45, 7) is 20.3. The van der Waals surface area contributed by atoms with Crippen LogP contribution in [0.3, 0.4) is 0 Å². The summed E-state index contributed by atoms with van der Waals surface area (Å²) < 4.78 is 10.2. The van der Waals surface area contributed by atoms with Crippen LogP contribution in [0, 0.1) is 11.8 Å². The molecule has 0 unspecified atom stereocenters. The normalized spacial score (nSPS) is 11.3. The van der Waals surface area contributed by atoms with E-state index in [1.54, 1.807) is 69.9 Å². The van der Waals surface area contributed by atoms with Gasteiger partial charge in [-0.15, -0.1) is 22.7 Å². The molecule has 71 heavy (non-hydrogen) atoms. The lowest BCUT2D eigenvalue weighted by atomic mass is 10.0. The van der Waals surface area contributed by atoms with Gasteiger partial charge >= 0.3 is 11.9 Å². The van der Waals surface area contributed by atoms with E-state index in [4.69, 9.17) is 77.4 Å². The van der Waals surface area contributed by atoms with Gasteiger partial charge in [-0.05, 0) is 113 Å². The van der Waals surface area contributed by atoms with Crippen LogP contribution >= 0.6 is 80.7 Å². The Balaban J connectivity index is 0.000000264. The van der Waals surface area contributed by atoms with Crippen molar-refractivity contribution in [1.82, 2.24) is 9.97 Å². The van der Waals surface area contributed by atoms with E-state index in [0.717, 1.165) is 57.5 Å². The molecule has 6 rings (SSSR count). The summed E-state index contributed by atoms with van der Waals surface area (Å²) in [5.74, 6) is -0.579. The van der Waals surface area contributed by atoms with E-state index in [-0.39, 0.29) is 25.3 Å². The number of nitrogens with zero attached hydrogens (tertiary/aromatic N) is 3. The second-order valence-electron chi connectivity index (χ2n) is 19.2. The van der Waals surface area contributed by atoms with Crippen molar-refractivity contribution in [2.75, 3.05) is 10.2 Å². The van der Waals surface area contributed by atoms with Gasteiger partial charge in [0, 0.05) is 27.4 Å². The highest BCUT2D eigenvalue weighted by molar-refractivity contribution is 7.16. The monoisotopic (exact) mass is 1100 g/mol. The molecule has 380 valence electrons. The van der Waals surface area contributed by atoms with E-state index < -0.39 is 28.4 Å². The lowest BCUT2D eigenvalue weighted by molar-refractivity contribution is -0.157. The van der Waals surface area contributed by atoms with Crippen LogP contribution in [-0.2, 0) is 54.6 Å². The van der Waals surface area contributed by atoms with Crippen LogP contribution in [0.15, 0.2) is 97.1 Å². The molecule has 0 spiro atoms. The minimum absolute atomic E-state index is 0.290. The van der Waals surface area contributed by atoms with Gasteiger partial charge in [0.25, 0.3) is 0 Å². The number of carbonyl (C=O) groups is 4. The van der Waals surface area contributed by atoms with Crippen LogP contribution in [0.4, 0.5) is 10.3 Å². The minimum atomic E-state index is -0.695. The highest BCUT2D eigenvalue weighted by Gasteiger charge is 2.28. The molecule has 0 bridgehead atoms. The Bertz CT molecular complexity index is 2720. The molecule has 17 heteroatoms. The first-order valence-electron chi connectivity index (χ1n) is 22.9. The van der Waals surface area contributed by atoms with Gasteiger partial charge in [0.15, 0.2) is 10.3 Å². The summed E-state index contributed by atoms with van der Waals surface area (Å²) in [5.41, 5.74) is 4.54. The summed E-state index contributed by atoms with van der Waals surface area (Å²) in [4.78, 5) is 60.3. The number of hydrogen-bond acceptors (Lipinski definition) is 11. The Morgan fingerprint density at radius 1 is 0.606 bits per heavy atom. The van der Waals surface area contributed by atoms with Crippen LogP contribution in [0.2, 0.25) is 20.1 Å². The second-order valence-corrected chi connectivity index (χ2v) is 23.4. The van der Waals surface area contributed by atoms with E-state index in [1.165, 1.54) is 21.8 Å². The molecule has 1 amide bonds. The maximum absolute atomic E-state index is 13.4. The predicted octanol–water partition coefficient (Wildman–Crippen LogP) is 16.0. The zero-order valence-electron chi connectivity index (χ0n) is 41.6. The molecule has 1 N–H and O–H groups in total. The number of nitrogens with one attached hydrogen (secondary N) is 1. The molecule has 10 nitrogen and oxygen atoms in total. The Labute approximate surface area is 451 Å². The number of thiazole rings is 2. The van der Waals surface area contributed by atoms with E-state index in [9.17, 15) is 19.2 Å². The molecule has 2 heterocycles. The molecule has 0 saturated heterocycles. The third kappa shape index (κ3) is 20.8. The number of halogens is 5. The third-order valence-electron chi connectivity index (χ3n) is 9.38. The fourth-order valence-corrected chi connectivity index (χ4v) is 9.74. The van der Waals surface area contributed by atoms with Crippen molar-refractivity contribution in [1.29, 1.82) is 0 Å².